The number of carboxylic acids is 1. The first kappa shape index (κ1) is 10.3. The van der Waals surface area contributed by atoms with Crippen molar-refractivity contribution in [2.24, 2.45) is 0 Å². The average molecular weight is 219 g/mol. The average Bonchev–Trinajstić information content (AvgIpc) is 2.24. The maximum atomic E-state index is 11.9. The molecule has 16 heavy (non-hydrogen) atoms. The van der Waals surface area contributed by atoms with E-state index in [2.05, 4.69) is 10.1 Å². The van der Waals surface area contributed by atoms with Crippen molar-refractivity contribution in [3.63, 3.8) is 0 Å². The molecule has 1 N–H and O–H groups in total. The highest BCUT2D eigenvalue weighted by Gasteiger charge is 2.12. The third-order valence-electron chi connectivity index (χ3n) is 2.23. The van der Waals surface area contributed by atoms with Crippen LogP contribution in [-0.2, 0) is 11.2 Å². The molecule has 0 fully saturated rings. The van der Waals surface area contributed by atoms with Crippen LogP contribution >= 0.6 is 0 Å². The van der Waals surface area contributed by atoms with Gasteiger partial charge < -0.3 is 5.11 Å². The van der Waals surface area contributed by atoms with Crippen molar-refractivity contribution in [2.75, 3.05) is 0 Å². The summed E-state index contributed by atoms with van der Waals surface area (Å²) >= 11 is 0. The van der Waals surface area contributed by atoms with Crippen LogP contribution in [-0.4, -0.2) is 25.7 Å². The Balaban J connectivity index is 2.76. The molecule has 6 heteroatoms. The van der Waals surface area contributed by atoms with Crippen molar-refractivity contribution >= 4 is 11.6 Å². The zero-order chi connectivity index (χ0) is 11.7. The maximum absolute atomic E-state index is 11.9. The summed E-state index contributed by atoms with van der Waals surface area (Å²) in [7, 11) is 0. The Morgan fingerprint density at radius 3 is 3.00 bits per heavy atom. The first-order valence-electron chi connectivity index (χ1n) is 4.65. The summed E-state index contributed by atoms with van der Waals surface area (Å²) in [5.41, 5.74) is 0.591. The van der Waals surface area contributed by atoms with Gasteiger partial charge in [0.25, 0.3) is 5.56 Å². The first-order valence-corrected chi connectivity index (χ1v) is 4.65. The van der Waals surface area contributed by atoms with Crippen LogP contribution in [0.15, 0.2) is 23.1 Å². The van der Waals surface area contributed by atoms with Crippen molar-refractivity contribution in [2.45, 2.75) is 13.3 Å². The number of carbonyl (C=O) groups is 1. The lowest BCUT2D eigenvalue weighted by atomic mass is 10.2. The summed E-state index contributed by atoms with van der Waals surface area (Å²) in [6, 6.07) is 3.31. The second-order valence-corrected chi connectivity index (χ2v) is 3.35. The molecule has 82 valence electrons. The highest BCUT2D eigenvalue weighted by atomic mass is 16.4. The molecule has 0 bridgehead atoms. The van der Waals surface area contributed by atoms with E-state index in [1.165, 1.54) is 6.20 Å². The zero-order valence-corrected chi connectivity index (χ0v) is 8.54. The second kappa shape index (κ2) is 3.73. The standard InChI is InChI=1S/C10H9N3O3/c1-6-7(5-9(14)15)10(16)13-8(12-6)3-2-4-11-13/h2-4H,5H2,1H3,(H,14,15). The lowest BCUT2D eigenvalue weighted by molar-refractivity contribution is -0.136. The summed E-state index contributed by atoms with van der Waals surface area (Å²) in [4.78, 5) is 26.6. The van der Waals surface area contributed by atoms with Crippen LogP contribution in [0.3, 0.4) is 0 Å². The molecule has 2 heterocycles. The van der Waals surface area contributed by atoms with Crippen LogP contribution in [0.25, 0.3) is 5.65 Å². The van der Waals surface area contributed by atoms with Gasteiger partial charge in [0.2, 0.25) is 0 Å². The Bertz CT molecular complexity index is 618. The third-order valence-corrected chi connectivity index (χ3v) is 2.23. The molecule has 0 spiro atoms. The molecule has 2 aromatic rings. The van der Waals surface area contributed by atoms with E-state index >= 15 is 0 Å². The smallest absolute Gasteiger partial charge is 0.308 e. The molecule has 6 nitrogen and oxygen atoms in total. The maximum Gasteiger partial charge on any atom is 0.308 e. The van der Waals surface area contributed by atoms with Gasteiger partial charge in [-0.15, -0.1) is 0 Å². The molecule has 2 rings (SSSR count). The lowest BCUT2D eigenvalue weighted by Crippen LogP contribution is -2.25. The van der Waals surface area contributed by atoms with Gasteiger partial charge in [-0.05, 0) is 19.1 Å². The lowest BCUT2D eigenvalue weighted by Gasteiger charge is -2.04. The summed E-state index contributed by atoms with van der Waals surface area (Å²) in [6.07, 6.45) is 1.12. The van der Waals surface area contributed by atoms with E-state index in [4.69, 9.17) is 5.11 Å². The number of rotatable bonds is 2. The van der Waals surface area contributed by atoms with Crippen LogP contribution in [0.2, 0.25) is 0 Å². The van der Waals surface area contributed by atoms with Gasteiger partial charge in [-0.1, -0.05) is 0 Å². The minimum atomic E-state index is -1.06. The van der Waals surface area contributed by atoms with Crippen molar-refractivity contribution in [1.82, 2.24) is 14.6 Å². The van der Waals surface area contributed by atoms with Gasteiger partial charge in [-0.3, -0.25) is 9.59 Å². The Hall–Kier alpha value is -2.24. The molecule has 0 unspecified atom stereocenters. The summed E-state index contributed by atoms with van der Waals surface area (Å²) in [6.45, 7) is 1.62. The van der Waals surface area contributed by atoms with E-state index in [9.17, 15) is 9.59 Å². The van der Waals surface area contributed by atoms with Crippen molar-refractivity contribution in [1.29, 1.82) is 0 Å². The number of nitrogens with zero attached hydrogens (tertiary/aromatic N) is 3. The molecule has 0 aliphatic heterocycles. The zero-order valence-electron chi connectivity index (χ0n) is 8.54. The molecule has 0 atom stereocenters. The summed E-state index contributed by atoms with van der Waals surface area (Å²) < 4.78 is 1.10. The second-order valence-electron chi connectivity index (χ2n) is 3.35. The molecular formula is C10H9N3O3. The number of carboxylic acid groups (broad SMARTS) is 1. The van der Waals surface area contributed by atoms with Crippen molar-refractivity contribution in [3.05, 3.63) is 39.9 Å². The van der Waals surface area contributed by atoms with E-state index in [-0.39, 0.29) is 12.0 Å². The number of aromatic nitrogens is 3. The molecule has 0 amide bonds. The Labute approximate surface area is 90.2 Å². The van der Waals surface area contributed by atoms with E-state index in [0.29, 0.717) is 11.3 Å². The largest absolute Gasteiger partial charge is 0.481 e. The Morgan fingerprint density at radius 1 is 1.56 bits per heavy atom. The van der Waals surface area contributed by atoms with E-state index < -0.39 is 11.5 Å². The number of aryl methyl sites for hydroxylation is 1. The molecule has 0 saturated carbocycles. The van der Waals surface area contributed by atoms with E-state index in [1.54, 1.807) is 19.1 Å². The molecule has 0 aliphatic rings. The van der Waals surface area contributed by atoms with Gasteiger partial charge in [0.05, 0.1) is 12.0 Å². The topological polar surface area (TPSA) is 84.6 Å². The SMILES string of the molecule is Cc1nc2cccnn2c(=O)c1CC(=O)O. The van der Waals surface area contributed by atoms with Crippen LogP contribution in [0, 0.1) is 6.92 Å². The van der Waals surface area contributed by atoms with Gasteiger partial charge in [0.15, 0.2) is 5.65 Å². The van der Waals surface area contributed by atoms with E-state index in [1.807, 2.05) is 0 Å². The molecular weight excluding hydrogens is 210 g/mol. The van der Waals surface area contributed by atoms with Crippen LogP contribution in [0.5, 0.6) is 0 Å². The Morgan fingerprint density at radius 2 is 2.31 bits per heavy atom. The highest BCUT2D eigenvalue weighted by Crippen LogP contribution is 2.02. The number of fused-ring (bicyclic) bond motifs is 1. The predicted molar refractivity (Wildman–Crippen MR) is 55.3 cm³/mol. The van der Waals surface area contributed by atoms with Gasteiger partial charge in [-0.25, -0.2) is 4.98 Å². The number of aliphatic carboxylic acids is 1. The summed E-state index contributed by atoms with van der Waals surface area (Å²) in [5.74, 6) is -1.06. The van der Waals surface area contributed by atoms with Crippen molar-refractivity contribution < 1.29 is 9.90 Å². The molecule has 0 aromatic carbocycles. The van der Waals surface area contributed by atoms with Gasteiger partial charge in [0, 0.05) is 11.9 Å². The van der Waals surface area contributed by atoms with E-state index in [0.717, 1.165) is 4.52 Å². The fourth-order valence-corrected chi connectivity index (χ4v) is 1.48. The van der Waals surface area contributed by atoms with Gasteiger partial charge in [-0.2, -0.15) is 9.61 Å². The highest BCUT2D eigenvalue weighted by molar-refractivity contribution is 5.70. The monoisotopic (exact) mass is 219 g/mol. The quantitative estimate of drug-likeness (QED) is 0.769. The van der Waals surface area contributed by atoms with Crippen molar-refractivity contribution in [3.8, 4) is 0 Å². The molecule has 0 radical (unpaired) electrons. The molecule has 0 saturated heterocycles. The molecule has 0 aliphatic carbocycles. The third kappa shape index (κ3) is 1.65. The number of hydrogen-bond donors (Lipinski definition) is 1. The normalized spacial score (nSPS) is 10.6. The fourth-order valence-electron chi connectivity index (χ4n) is 1.48. The molecule has 2 aromatic heterocycles. The van der Waals surface area contributed by atoms with Gasteiger partial charge >= 0.3 is 5.97 Å². The fraction of sp³-hybridized carbons (Fsp3) is 0.200. The van der Waals surface area contributed by atoms with Crippen LogP contribution in [0.1, 0.15) is 11.3 Å². The number of hydrogen-bond acceptors (Lipinski definition) is 4. The summed E-state index contributed by atoms with van der Waals surface area (Å²) in [5, 5.41) is 12.5. The first-order chi connectivity index (χ1) is 7.59. The Kier molecular flexibility index (Phi) is 2.40. The van der Waals surface area contributed by atoms with Gasteiger partial charge in [0.1, 0.15) is 0 Å². The minimum absolute atomic E-state index is 0.170. The van der Waals surface area contributed by atoms with Crippen LogP contribution < -0.4 is 5.56 Å². The predicted octanol–water partition coefficient (Wildman–Crippen LogP) is 0.0250. The van der Waals surface area contributed by atoms with Crippen LogP contribution in [0.4, 0.5) is 0 Å². The minimum Gasteiger partial charge on any atom is -0.481 e.